The largest absolute Gasteiger partial charge is 0.316 e. The molecular weight excluding hydrogens is 336 g/mol. The molecule has 0 aliphatic heterocycles. The molecule has 0 saturated carbocycles. The Labute approximate surface area is 140 Å². The van der Waals surface area contributed by atoms with Gasteiger partial charge in [0.05, 0.1) is 0 Å². The van der Waals surface area contributed by atoms with Crippen molar-refractivity contribution in [2.24, 2.45) is 0 Å². The second kappa shape index (κ2) is 6.55. The minimum absolute atomic E-state index is 0.186. The van der Waals surface area contributed by atoms with E-state index >= 15 is 0 Å². The van der Waals surface area contributed by atoms with E-state index in [1.807, 2.05) is 18.2 Å². The van der Waals surface area contributed by atoms with Gasteiger partial charge in [-0.05, 0) is 12.5 Å². The maximum Gasteiger partial charge on any atom is 0.275 e. The second-order valence-corrected chi connectivity index (χ2v) is 7.13. The number of aryl methyl sites for hydroxylation is 1. The maximum atomic E-state index is 11.8. The number of thiocarbonyl (C=S) groups is 1. The van der Waals surface area contributed by atoms with Crippen molar-refractivity contribution in [1.29, 1.82) is 0 Å². The van der Waals surface area contributed by atoms with Crippen LogP contribution in [-0.4, -0.2) is 18.9 Å². The molecule has 1 N–H and O–H groups in total. The Morgan fingerprint density at radius 1 is 1.41 bits per heavy atom. The van der Waals surface area contributed by atoms with Crippen LogP contribution in [0.15, 0.2) is 41.2 Å². The second-order valence-electron chi connectivity index (χ2n) is 4.52. The molecular formula is C14H12N4OS3. The Balaban J connectivity index is 1.69. The van der Waals surface area contributed by atoms with Gasteiger partial charge in [-0.1, -0.05) is 65.6 Å². The summed E-state index contributed by atoms with van der Waals surface area (Å²) in [5.41, 5.74) is 1.70. The molecule has 8 heteroatoms. The molecule has 0 saturated heterocycles. The molecule has 0 spiro atoms. The quantitative estimate of drug-likeness (QED) is 0.734. The summed E-state index contributed by atoms with van der Waals surface area (Å²) in [5, 5.41) is 7.82. The molecule has 112 valence electrons. The van der Waals surface area contributed by atoms with Gasteiger partial charge >= 0.3 is 0 Å². The van der Waals surface area contributed by atoms with E-state index in [0.717, 1.165) is 5.75 Å². The fraction of sp³-hybridized carbons (Fsp3) is 0.143. The maximum absolute atomic E-state index is 11.8. The molecule has 0 radical (unpaired) electrons. The van der Waals surface area contributed by atoms with Gasteiger partial charge in [0.25, 0.3) is 5.56 Å². The number of nitrogens with one attached hydrogen (secondary N) is 1. The van der Waals surface area contributed by atoms with Crippen molar-refractivity contribution in [3.63, 3.8) is 0 Å². The van der Waals surface area contributed by atoms with Gasteiger partial charge < -0.3 is 5.32 Å². The van der Waals surface area contributed by atoms with Gasteiger partial charge in [-0.2, -0.15) is 4.52 Å². The molecule has 3 rings (SSSR count). The molecule has 0 aliphatic rings. The summed E-state index contributed by atoms with van der Waals surface area (Å²) in [5.74, 6) is 0.787. The first-order valence-corrected chi connectivity index (χ1v) is 8.68. The number of rotatable bonds is 3. The van der Waals surface area contributed by atoms with Crippen LogP contribution in [0.5, 0.6) is 0 Å². The summed E-state index contributed by atoms with van der Waals surface area (Å²) in [4.78, 5) is 16.7. The first-order chi connectivity index (χ1) is 10.6. The number of aromatic nitrogens is 3. The molecule has 3 aromatic rings. The number of hydrogen-bond acceptors (Lipinski definition) is 6. The van der Waals surface area contributed by atoms with Crippen molar-refractivity contribution in [2.45, 2.75) is 12.7 Å². The monoisotopic (exact) mass is 348 g/mol. The average Bonchev–Trinajstić information content (AvgIpc) is 2.89. The molecule has 2 aromatic heterocycles. The Morgan fingerprint density at radius 3 is 2.95 bits per heavy atom. The zero-order chi connectivity index (χ0) is 15.5. The molecule has 0 bridgehead atoms. The SMILES string of the molecule is Cc1cc(=O)n2nc(NC(=S)SCc3ccccc3)sc2n1. The standard InChI is InChI=1S/C14H12N4OS3/c1-9-7-11(19)18-13(15-9)22-12(17-18)16-14(20)21-8-10-5-3-2-4-6-10/h2-7H,8H2,1H3,(H,16,17,20). The zero-order valence-electron chi connectivity index (χ0n) is 11.6. The molecule has 2 heterocycles. The van der Waals surface area contributed by atoms with Crippen molar-refractivity contribution < 1.29 is 0 Å². The van der Waals surface area contributed by atoms with Gasteiger partial charge in [0.2, 0.25) is 10.1 Å². The highest BCUT2D eigenvalue weighted by Gasteiger charge is 2.09. The van der Waals surface area contributed by atoms with Crippen LogP contribution in [0.3, 0.4) is 0 Å². The molecule has 0 fully saturated rings. The van der Waals surface area contributed by atoms with Crippen LogP contribution in [0, 0.1) is 6.92 Å². The van der Waals surface area contributed by atoms with Crippen LogP contribution in [-0.2, 0) is 5.75 Å². The van der Waals surface area contributed by atoms with E-state index in [2.05, 4.69) is 27.5 Å². The van der Waals surface area contributed by atoms with Gasteiger partial charge in [-0.15, -0.1) is 5.10 Å². The lowest BCUT2D eigenvalue weighted by atomic mass is 10.2. The van der Waals surface area contributed by atoms with Crippen LogP contribution < -0.4 is 10.9 Å². The van der Waals surface area contributed by atoms with Gasteiger partial charge in [0.15, 0.2) is 0 Å². The first-order valence-electron chi connectivity index (χ1n) is 6.47. The smallest absolute Gasteiger partial charge is 0.275 e. The molecule has 0 amide bonds. The lowest BCUT2D eigenvalue weighted by molar-refractivity contribution is 0.895. The third-order valence-electron chi connectivity index (χ3n) is 2.79. The van der Waals surface area contributed by atoms with E-state index in [1.165, 1.54) is 39.2 Å². The molecule has 22 heavy (non-hydrogen) atoms. The molecule has 0 aliphatic carbocycles. The molecule has 0 atom stereocenters. The fourth-order valence-corrected chi connectivity index (χ4v) is 3.73. The summed E-state index contributed by atoms with van der Waals surface area (Å²) >= 11 is 8.13. The van der Waals surface area contributed by atoms with Crippen LogP contribution in [0.25, 0.3) is 4.96 Å². The number of benzene rings is 1. The van der Waals surface area contributed by atoms with E-state index in [4.69, 9.17) is 12.2 Å². The Bertz CT molecular complexity index is 873. The lowest BCUT2D eigenvalue weighted by Gasteiger charge is -2.03. The summed E-state index contributed by atoms with van der Waals surface area (Å²) in [6, 6.07) is 11.6. The van der Waals surface area contributed by atoms with Crippen molar-refractivity contribution in [3.8, 4) is 0 Å². The van der Waals surface area contributed by atoms with Crippen LogP contribution >= 0.6 is 35.3 Å². The Morgan fingerprint density at radius 2 is 2.18 bits per heavy atom. The lowest BCUT2D eigenvalue weighted by Crippen LogP contribution is -2.14. The van der Waals surface area contributed by atoms with E-state index in [9.17, 15) is 4.79 Å². The summed E-state index contributed by atoms with van der Waals surface area (Å²) in [6.45, 7) is 1.79. The number of hydrogen-bond donors (Lipinski definition) is 1. The van der Waals surface area contributed by atoms with Crippen molar-refractivity contribution in [3.05, 3.63) is 58.0 Å². The number of nitrogens with zero attached hydrogens (tertiary/aromatic N) is 3. The highest BCUT2D eigenvalue weighted by Crippen LogP contribution is 2.20. The Hall–Kier alpha value is -1.77. The van der Waals surface area contributed by atoms with Crippen LogP contribution in [0.2, 0.25) is 0 Å². The minimum Gasteiger partial charge on any atom is -0.316 e. The normalized spacial score (nSPS) is 10.8. The van der Waals surface area contributed by atoms with Crippen LogP contribution in [0.1, 0.15) is 11.3 Å². The van der Waals surface area contributed by atoms with E-state index < -0.39 is 0 Å². The van der Waals surface area contributed by atoms with E-state index in [0.29, 0.717) is 20.1 Å². The number of anilines is 1. The van der Waals surface area contributed by atoms with Gasteiger partial charge in [-0.25, -0.2) is 4.98 Å². The predicted molar refractivity (Wildman–Crippen MR) is 95.8 cm³/mol. The number of thioether (sulfide) groups is 1. The highest BCUT2D eigenvalue weighted by molar-refractivity contribution is 8.22. The highest BCUT2D eigenvalue weighted by atomic mass is 32.2. The van der Waals surface area contributed by atoms with Gasteiger partial charge in [0.1, 0.15) is 4.32 Å². The van der Waals surface area contributed by atoms with Crippen molar-refractivity contribution >= 4 is 49.7 Å². The summed E-state index contributed by atoms with van der Waals surface area (Å²) in [7, 11) is 0. The van der Waals surface area contributed by atoms with Crippen molar-refractivity contribution in [2.75, 3.05) is 5.32 Å². The molecule has 1 aromatic carbocycles. The topological polar surface area (TPSA) is 59.3 Å². The third kappa shape index (κ3) is 3.52. The first kappa shape index (κ1) is 15.1. The third-order valence-corrected chi connectivity index (χ3v) is 4.92. The molecule has 0 unspecified atom stereocenters. The predicted octanol–water partition coefficient (Wildman–Crippen LogP) is 3.09. The minimum atomic E-state index is -0.186. The van der Waals surface area contributed by atoms with Gasteiger partial charge in [-0.3, -0.25) is 4.79 Å². The fourth-order valence-electron chi connectivity index (χ4n) is 1.82. The van der Waals surface area contributed by atoms with E-state index in [-0.39, 0.29) is 5.56 Å². The van der Waals surface area contributed by atoms with E-state index in [1.54, 1.807) is 6.92 Å². The van der Waals surface area contributed by atoms with Crippen molar-refractivity contribution in [1.82, 2.24) is 14.6 Å². The zero-order valence-corrected chi connectivity index (χ0v) is 14.1. The average molecular weight is 348 g/mol. The summed E-state index contributed by atoms with van der Waals surface area (Å²) < 4.78 is 1.90. The van der Waals surface area contributed by atoms with Gasteiger partial charge in [0, 0.05) is 17.5 Å². The Kier molecular flexibility index (Phi) is 4.51. The number of fused-ring (bicyclic) bond motifs is 1. The summed E-state index contributed by atoms with van der Waals surface area (Å²) in [6.07, 6.45) is 0. The molecule has 5 nitrogen and oxygen atoms in total. The van der Waals surface area contributed by atoms with Crippen LogP contribution in [0.4, 0.5) is 5.13 Å².